The second-order valence-electron chi connectivity index (χ2n) is 3.74. The SMILES string of the molecule is CCCCCCC=C=CC1=CC=CC1. The third kappa shape index (κ3) is 4.89. The minimum atomic E-state index is 1.08. The number of allylic oxidation sites excluding steroid dienone is 5. The van der Waals surface area contributed by atoms with Crippen LogP contribution < -0.4 is 0 Å². The maximum atomic E-state index is 3.25. The molecule has 14 heavy (non-hydrogen) atoms. The van der Waals surface area contributed by atoms with Gasteiger partial charge in [-0.05, 0) is 37.0 Å². The molecule has 0 bridgehead atoms. The predicted molar refractivity (Wildman–Crippen MR) is 63.3 cm³/mol. The molecule has 0 N–H and O–H groups in total. The molecule has 1 aliphatic carbocycles. The lowest BCUT2D eigenvalue weighted by atomic mass is 10.1. The van der Waals surface area contributed by atoms with Crippen LogP contribution in [0.4, 0.5) is 0 Å². The molecule has 0 saturated heterocycles. The van der Waals surface area contributed by atoms with Crippen LogP contribution in [0.2, 0.25) is 0 Å². The third-order valence-electron chi connectivity index (χ3n) is 2.39. The fraction of sp³-hybridized carbons (Fsp3) is 0.500. The highest BCUT2D eigenvalue weighted by Gasteiger charge is 1.91. The van der Waals surface area contributed by atoms with Gasteiger partial charge in [0.2, 0.25) is 0 Å². The van der Waals surface area contributed by atoms with E-state index >= 15 is 0 Å². The first-order chi connectivity index (χ1) is 6.93. The molecule has 0 radical (unpaired) electrons. The smallest absolute Gasteiger partial charge is 0.00882 e. The molecular weight excluding hydrogens is 168 g/mol. The van der Waals surface area contributed by atoms with E-state index in [4.69, 9.17) is 0 Å². The van der Waals surface area contributed by atoms with Crippen LogP contribution in [0.5, 0.6) is 0 Å². The Labute approximate surface area is 87.7 Å². The number of unbranched alkanes of at least 4 members (excludes halogenated alkanes) is 4. The Kier molecular flexibility index (Phi) is 5.86. The van der Waals surface area contributed by atoms with Crippen molar-refractivity contribution >= 4 is 0 Å². The van der Waals surface area contributed by atoms with E-state index in [1.807, 2.05) is 0 Å². The average molecular weight is 188 g/mol. The maximum absolute atomic E-state index is 3.25. The number of hydrogen-bond donors (Lipinski definition) is 0. The Hall–Kier alpha value is -1.00. The molecule has 0 unspecified atom stereocenters. The van der Waals surface area contributed by atoms with Gasteiger partial charge in [-0.15, -0.1) is 5.73 Å². The first kappa shape index (κ1) is 11.1. The quantitative estimate of drug-likeness (QED) is 0.423. The minimum absolute atomic E-state index is 1.08. The van der Waals surface area contributed by atoms with Crippen LogP contribution in [0.3, 0.4) is 0 Å². The van der Waals surface area contributed by atoms with Gasteiger partial charge in [-0.1, -0.05) is 44.4 Å². The zero-order chi connectivity index (χ0) is 10.1. The van der Waals surface area contributed by atoms with E-state index in [-0.39, 0.29) is 0 Å². The van der Waals surface area contributed by atoms with Crippen molar-refractivity contribution in [2.75, 3.05) is 0 Å². The molecule has 0 amide bonds. The van der Waals surface area contributed by atoms with Crippen LogP contribution in [-0.4, -0.2) is 0 Å². The van der Waals surface area contributed by atoms with Gasteiger partial charge >= 0.3 is 0 Å². The van der Waals surface area contributed by atoms with E-state index in [9.17, 15) is 0 Å². The lowest BCUT2D eigenvalue weighted by Gasteiger charge is -1.92. The van der Waals surface area contributed by atoms with Crippen LogP contribution in [0, 0.1) is 0 Å². The van der Waals surface area contributed by atoms with E-state index in [0.717, 1.165) is 6.42 Å². The standard InChI is InChI=1S/C14H20/c1-2-3-4-5-6-7-8-11-14-12-9-10-13-14/h7,9-12H,2-6,13H2,1H3. The molecule has 0 aromatic rings. The molecule has 0 spiro atoms. The topological polar surface area (TPSA) is 0 Å². The molecule has 0 aliphatic heterocycles. The van der Waals surface area contributed by atoms with Crippen LogP contribution in [0.1, 0.15) is 45.4 Å². The van der Waals surface area contributed by atoms with E-state index < -0.39 is 0 Å². The molecule has 0 saturated carbocycles. The molecule has 76 valence electrons. The maximum Gasteiger partial charge on any atom is -0.00882 e. The minimum Gasteiger partial charge on any atom is -0.125 e. The van der Waals surface area contributed by atoms with Crippen molar-refractivity contribution in [3.05, 3.63) is 41.7 Å². The van der Waals surface area contributed by atoms with E-state index in [0.29, 0.717) is 0 Å². The Morgan fingerprint density at radius 2 is 2.29 bits per heavy atom. The van der Waals surface area contributed by atoms with Crippen molar-refractivity contribution < 1.29 is 0 Å². The van der Waals surface area contributed by atoms with Crippen molar-refractivity contribution in [1.29, 1.82) is 0 Å². The normalized spacial score (nSPS) is 13.6. The zero-order valence-electron chi connectivity index (χ0n) is 9.13. The zero-order valence-corrected chi connectivity index (χ0v) is 9.13. The number of rotatable bonds is 6. The summed E-state index contributed by atoms with van der Waals surface area (Å²) >= 11 is 0. The van der Waals surface area contributed by atoms with Crippen LogP contribution >= 0.6 is 0 Å². The van der Waals surface area contributed by atoms with E-state index in [1.165, 1.54) is 37.7 Å². The molecule has 1 rings (SSSR count). The molecule has 0 heteroatoms. The summed E-state index contributed by atoms with van der Waals surface area (Å²) in [6, 6.07) is 0. The average Bonchev–Trinajstić information content (AvgIpc) is 2.69. The van der Waals surface area contributed by atoms with Gasteiger partial charge in [-0.3, -0.25) is 0 Å². The van der Waals surface area contributed by atoms with Gasteiger partial charge < -0.3 is 0 Å². The van der Waals surface area contributed by atoms with Crippen molar-refractivity contribution in [2.45, 2.75) is 45.4 Å². The van der Waals surface area contributed by atoms with Gasteiger partial charge in [0.15, 0.2) is 0 Å². The Morgan fingerprint density at radius 1 is 1.36 bits per heavy atom. The summed E-state index contributed by atoms with van der Waals surface area (Å²) in [5.41, 5.74) is 4.62. The summed E-state index contributed by atoms with van der Waals surface area (Å²) in [4.78, 5) is 0. The van der Waals surface area contributed by atoms with Gasteiger partial charge in [0.25, 0.3) is 0 Å². The van der Waals surface area contributed by atoms with Crippen LogP contribution in [-0.2, 0) is 0 Å². The lowest BCUT2D eigenvalue weighted by molar-refractivity contribution is 0.674. The largest absolute Gasteiger partial charge is 0.125 e. The first-order valence-corrected chi connectivity index (χ1v) is 5.70. The molecular formula is C14H20. The summed E-state index contributed by atoms with van der Waals surface area (Å²) in [6.07, 6.45) is 18.3. The van der Waals surface area contributed by atoms with Crippen LogP contribution in [0.15, 0.2) is 41.7 Å². The van der Waals surface area contributed by atoms with Gasteiger partial charge in [-0.25, -0.2) is 0 Å². The van der Waals surface area contributed by atoms with Crippen molar-refractivity contribution in [3.8, 4) is 0 Å². The van der Waals surface area contributed by atoms with Crippen LogP contribution in [0.25, 0.3) is 0 Å². The number of hydrogen-bond acceptors (Lipinski definition) is 0. The molecule has 0 aromatic heterocycles. The van der Waals surface area contributed by atoms with Gasteiger partial charge in [0.1, 0.15) is 0 Å². The van der Waals surface area contributed by atoms with Crippen molar-refractivity contribution in [1.82, 2.24) is 0 Å². The Bertz CT molecular complexity index is 260. The van der Waals surface area contributed by atoms with Gasteiger partial charge in [0, 0.05) is 0 Å². The first-order valence-electron chi connectivity index (χ1n) is 5.70. The monoisotopic (exact) mass is 188 g/mol. The summed E-state index contributed by atoms with van der Waals surface area (Å²) in [5, 5.41) is 0. The van der Waals surface area contributed by atoms with E-state index in [2.05, 4.69) is 43.0 Å². The van der Waals surface area contributed by atoms with Gasteiger partial charge in [0.05, 0.1) is 0 Å². The second-order valence-corrected chi connectivity index (χ2v) is 3.74. The molecule has 0 fully saturated rings. The summed E-state index contributed by atoms with van der Waals surface area (Å²) < 4.78 is 0. The molecule has 0 aromatic carbocycles. The summed E-state index contributed by atoms with van der Waals surface area (Å²) in [7, 11) is 0. The van der Waals surface area contributed by atoms with Gasteiger partial charge in [-0.2, -0.15) is 0 Å². The molecule has 0 nitrogen and oxygen atoms in total. The predicted octanol–water partition coefficient (Wildman–Crippen LogP) is 4.55. The highest BCUT2D eigenvalue weighted by atomic mass is 14.0. The second kappa shape index (κ2) is 7.41. The third-order valence-corrected chi connectivity index (χ3v) is 2.39. The van der Waals surface area contributed by atoms with E-state index in [1.54, 1.807) is 0 Å². The molecule has 1 aliphatic rings. The fourth-order valence-corrected chi connectivity index (χ4v) is 1.49. The molecule has 0 heterocycles. The molecule has 0 atom stereocenters. The summed E-state index contributed by atoms with van der Waals surface area (Å²) in [6.45, 7) is 2.25. The fourth-order valence-electron chi connectivity index (χ4n) is 1.49. The van der Waals surface area contributed by atoms with Crippen molar-refractivity contribution in [3.63, 3.8) is 0 Å². The lowest BCUT2D eigenvalue weighted by Crippen LogP contribution is -1.72. The van der Waals surface area contributed by atoms with Crippen molar-refractivity contribution in [2.24, 2.45) is 0 Å². The summed E-state index contributed by atoms with van der Waals surface area (Å²) in [5.74, 6) is 0. The highest BCUT2D eigenvalue weighted by Crippen LogP contribution is 2.10. The Balaban J connectivity index is 2.08. The Morgan fingerprint density at radius 3 is 3.00 bits per heavy atom. The highest BCUT2D eigenvalue weighted by molar-refractivity contribution is 5.31.